The van der Waals surface area contributed by atoms with Crippen molar-refractivity contribution in [3.63, 3.8) is 0 Å². The Hall–Kier alpha value is -4.07. The maximum atomic E-state index is 12.9. The molecule has 2 aromatic carbocycles. The molecular formula is C25H26N4O4. The minimum atomic E-state index is -0.382. The fourth-order valence-electron chi connectivity index (χ4n) is 3.59. The van der Waals surface area contributed by atoms with E-state index in [1.807, 2.05) is 18.5 Å². The highest BCUT2D eigenvalue weighted by Crippen LogP contribution is 2.34. The van der Waals surface area contributed by atoms with Gasteiger partial charge in [0.15, 0.2) is 11.5 Å². The van der Waals surface area contributed by atoms with E-state index in [0.717, 1.165) is 17.0 Å². The average molecular weight is 447 g/mol. The van der Waals surface area contributed by atoms with Crippen molar-refractivity contribution in [1.82, 2.24) is 14.9 Å². The fourth-order valence-corrected chi connectivity index (χ4v) is 3.59. The van der Waals surface area contributed by atoms with E-state index >= 15 is 0 Å². The van der Waals surface area contributed by atoms with Crippen LogP contribution in [0.4, 0.5) is 5.69 Å². The Bertz CT molecular complexity index is 1290. The molecule has 1 amide bonds. The molecule has 170 valence electrons. The van der Waals surface area contributed by atoms with Crippen LogP contribution in [0.3, 0.4) is 0 Å². The number of ether oxygens (including phenoxy) is 2. The molecule has 33 heavy (non-hydrogen) atoms. The van der Waals surface area contributed by atoms with Crippen molar-refractivity contribution in [2.24, 2.45) is 0 Å². The van der Waals surface area contributed by atoms with Gasteiger partial charge < -0.3 is 19.3 Å². The quantitative estimate of drug-likeness (QED) is 0.439. The van der Waals surface area contributed by atoms with Gasteiger partial charge >= 0.3 is 0 Å². The molecule has 0 aliphatic carbocycles. The van der Waals surface area contributed by atoms with Crippen LogP contribution in [0.5, 0.6) is 11.5 Å². The number of benzene rings is 2. The number of carbonyl (C=O) groups is 1. The predicted octanol–water partition coefficient (Wildman–Crippen LogP) is 4.78. The number of rotatable bonds is 7. The molecule has 0 atom stereocenters. The lowest BCUT2D eigenvalue weighted by Crippen LogP contribution is -2.13. The Morgan fingerprint density at radius 2 is 1.79 bits per heavy atom. The summed E-state index contributed by atoms with van der Waals surface area (Å²) in [5, 5.41) is 11.5. The Morgan fingerprint density at radius 1 is 1.03 bits per heavy atom. The van der Waals surface area contributed by atoms with E-state index in [2.05, 4.69) is 46.8 Å². The summed E-state index contributed by atoms with van der Waals surface area (Å²) >= 11 is 0. The zero-order valence-electron chi connectivity index (χ0n) is 19.3. The summed E-state index contributed by atoms with van der Waals surface area (Å²) in [4.78, 5) is 12.9. The van der Waals surface area contributed by atoms with Crippen LogP contribution < -0.4 is 14.8 Å². The van der Waals surface area contributed by atoms with E-state index in [1.54, 1.807) is 38.5 Å². The van der Waals surface area contributed by atoms with Gasteiger partial charge in [0.05, 0.1) is 43.4 Å². The molecule has 0 aliphatic heterocycles. The summed E-state index contributed by atoms with van der Waals surface area (Å²) in [6.07, 6.45) is 0. The molecule has 0 unspecified atom stereocenters. The van der Waals surface area contributed by atoms with Crippen LogP contribution in [0.1, 0.15) is 33.0 Å². The minimum Gasteiger partial charge on any atom is -0.497 e. The first-order valence-corrected chi connectivity index (χ1v) is 10.5. The molecule has 2 heterocycles. The Morgan fingerprint density at radius 3 is 2.48 bits per heavy atom. The van der Waals surface area contributed by atoms with Crippen molar-refractivity contribution in [2.45, 2.75) is 27.3 Å². The van der Waals surface area contributed by atoms with Crippen molar-refractivity contribution in [3.8, 4) is 22.8 Å². The van der Waals surface area contributed by atoms with E-state index in [4.69, 9.17) is 14.0 Å². The molecule has 0 saturated carbocycles. The molecule has 0 fully saturated rings. The van der Waals surface area contributed by atoms with E-state index in [0.29, 0.717) is 35.1 Å². The van der Waals surface area contributed by atoms with Crippen molar-refractivity contribution in [2.75, 3.05) is 19.5 Å². The van der Waals surface area contributed by atoms with Gasteiger partial charge in [0, 0.05) is 6.07 Å². The van der Waals surface area contributed by atoms with Crippen LogP contribution in [-0.2, 0) is 6.54 Å². The molecule has 0 bridgehead atoms. The van der Waals surface area contributed by atoms with Gasteiger partial charge in [0.1, 0.15) is 11.5 Å². The highest BCUT2D eigenvalue weighted by Gasteiger charge is 2.20. The zero-order chi connectivity index (χ0) is 23.5. The van der Waals surface area contributed by atoms with Gasteiger partial charge in [-0.05, 0) is 44.5 Å². The zero-order valence-corrected chi connectivity index (χ0v) is 19.3. The third kappa shape index (κ3) is 4.59. The maximum Gasteiger partial charge on any atom is 0.277 e. The first kappa shape index (κ1) is 22.1. The molecule has 0 aliphatic rings. The van der Waals surface area contributed by atoms with Gasteiger partial charge in [-0.15, -0.1) is 0 Å². The molecule has 0 radical (unpaired) electrons. The highest BCUT2D eigenvalue weighted by molar-refractivity contribution is 6.04. The second kappa shape index (κ2) is 9.20. The van der Waals surface area contributed by atoms with Crippen LogP contribution in [-0.4, -0.2) is 35.1 Å². The lowest BCUT2D eigenvalue weighted by Gasteiger charge is -2.07. The predicted molar refractivity (Wildman–Crippen MR) is 125 cm³/mol. The van der Waals surface area contributed by atoms with Crippen molar-refractivity contribution >= 4 is 11.6 Å². The molecule has 0 saturated heterocycles. The van der Waals surface area contributed by atoms with E-state index in [1.165, 1.54) is 5.56 Å². The largest absolute Gasteiger partial charge is 0.497 e. The minimum absolute atomic E-state index is 0.153. The number of aromatic nitrogens is 3. The Kier molecular flexibility index (Phi) is 6.17. The third-order valence-corrected chi connectivity index (χ3v) is 5.49. The SMILES string of the molecule is COc1ccc(OC)c(-c2cc(C(=O)Nc3c(C)nn(Cc4ccc(C)cc4)c3C)no2)c1. The van der Waals surface area contributed by atoms with E-state index in [-0.39, 0.29) is 11.6 Å². The summed E-state index contributed by atoms with van der Waals surface area (Å²) in [7, 11) is 3.14. The van der Waals surface area contributed by atoms with Gasteiger partial charge in [-0.3, -0.25) is 9.48 Å². The number of carbonyl (C=O) groups excluding carboxylic acids is 1. The molecular weight excluding hydrogens is 420 g/mol. The first-order valence-electron chi connectivity index (χ1n) is 10.5. The maximum absolute atomic E-state index is 12.9. The second-order valence-electron chi connectivity index (χ2n) is 7.79. The highest BCUT2D eigenvalue weighted by atomic mass is 16.5. The van der Waals surface area contributed by atoms with E-state index in [9.17, 15) is 4.79 Å². The number of nitrogens with one attached hydrogen (secondary N) is 1. The van der Waals surface area contributed by atoms with Crippen LogP contribution in [0.15, 0.2) is 53.1 Å². The standard InChI is InChI=1S/C25H26N4O4/c1-15-6-8-18(9-7-15)14-29-17(3)24(16(2)27-29)26-25(30)21-13-23(33-28-21)20-12-19(31-4)10-11-22(20)32-5/h6-13H,14H2,1-5H3,(H,26,30). The Balaban J connectivity index is 1.55. The van der Waals surface area contributed by atoms with Gasteiger partial charge in [-0.2, -0.15) is 5.10 Å². The summed E-state index contributed by atoms with van der Waals surface area (Å²) in [5.74, 6) is 1.25. The topological polar surface area (TPSA) is 91.4 Å². The molecule has 8 nitrogen and oxygen atoms in total. The van der Waals surface area contributed by atoms with Crippen molar-refractivity contribution in [3.05, 3.63) is 76.7 Å². The normalized spacial score (nSPS) is 10.8. The van der Waals surface area contributed by atoms with Gasteiger partial charge in [0.25, 0.3) is 5.91 Å². The average Bonchev–Trinajstić information content (AvgIpc) is 3.41. The van der Waals surface area contributed by atoms with Gasteiger partial charge in [0.2, 0.25) is 0 Å². The number of methoxy groups -OCH3 is 2. The van der Waals surface area contributed by atoms with Crippen LogP contribution in [0.2, 0.25) is 0 Å². The van der Waals surface area contributed by atoms with Gasteiger partial charge in [-0.25, -0.2) is 0 Å². The number of hydrogen-bond acceptors (Lipinski definition) is 6. The molecule has 8 heteroatoms. The van der Waals surface area contributed by atoms with E-state index < -0.39 is 0 Å². The molecule has 4 aromatic rings. The summed E-state index contributed by atoms with van der Waals surface area (Å²) in [6, 6.07) is 15.2. The number of hydrogen-bond donors (Lipinski definition) is 1. The monoisotopic (exact) mass is 446 g/mol. The van der Waals surface area contributed by atoms with Crippen LogP contribution in [0.25, 0.3) is 11.3 Å². The summed E-state index contributed by atoms with van der Waals surface area (Å²) in [5.41, 5.74) is 5.39. The number of nitrogens with zero attached hydrogens (tertiary/aromatic N) is 3. The fraction of sp³-hybridized carbons (Fsp3) is 0.240. The first-order chi connectivity index (χ1) is 15.9. The molecule has 0 spiro atoms. The van der Waals surface area contributed by atoms with Crippen molar-refractivity contribution in [1.29, 1.82) is 0 Å². The lowest BCUT2D eigenvalue weighted by atomic mass is 10.1. The number of anilines is 1. The number of aryl methyl sites for hydroxylation is 2. The van der Waals surface area contributed by atoms with Crippen LogP contribution >= 0.6 is 0 Å². The third-order valence-electron chi connectivity index (χ3n) is 5.49. The molecule has 4 rings (SSSR count). The summed E-state index contributed by atoms with van der Waals surface area (Å²) < 4.78 is 18.0. The second-order valence-corrected chi connectivity index (χ2v) is 7.79. The lowest BCUT2D eigenvalue weighted by molar-refractivity contribution is 0.101. The molecule has 2 aromatic heterocycles. The van der Waals surface area contributed by atoms with Crippen LogP contribution in [0, 0.1) is 20.8 Å². The molecule has 1 N–H and O–H groups in total. The smallest absolute Gasteiger partial charge is 0.277 e. The van der Waals surface area contributed by atoms with Gasteiger partial charge in [-0.1, -0.05) is 35.0 Å². The van der Waals surface area contributed by atoms with Crippen molar-refractivity contribution < 1.29 is 18.8 Å². The Labute approximate surface area is 192 Å². The summed E-state index contributed by atoms with van der Waals surface area (Å²) in [6.45, 7) is 6.47. The number of amides is 1.